The van der Waals surface area contributed by atoms with Gasteiger partial charge in [0.05, 0.1) is 6.04 Å². The van der Waals surface area contributed by atoms with E-state index in [2.05, 4.69) is 29.0 Å². The van der Waals surface area contributed by atoms with Crippen molar-refractivity contribution in [1.82, 2.24) is 15.2 Å². The summed E-state index contributed by atoms with van der Waals surface area (Å²) < 4.78 is 0. The van der Waals surface area contributed by atoms with Gasteiger partial charge in [-0.1, -0.05) is 50.6 Å². The number of benzene rings is 1. The SMILES string of the molecule is CCC(C)[C@H](N)c1nc(-c2ccccc2)n[nH]1. The number of aromatic nitrogens is 3. The van der Waals surface area contributed by atoms with Crippen LogP contribution in [0, 0.1) is 5.92 Å². The number of rotatable bonds is 4. The molecule has 0 amide bonds. The normalized spacial score (nSPS) is 14.5. The van der Waals surface area contributed by atoms with Crippen molar-refractivity contribution in [3.63, 3.8) is 0 Å². The lowest BCUT2D eigenvalue weighted by molar-refractivity contribution is 0.440. The maximum absolute atomic E-state index is 6.11. The van der Waals surface area contributed by atoms with Crippen LogP contribution in [0.4, 0.5) is 0 Å². The third-order valence-electron chi connectivity index (χ3n) is 3.11. The topological polar surface area (TPSA) is 67.6 Å². The predicted octanol–water partition coefficient (Wildman–Crippen LogP) is 2.52. The van der Waals surface area contributed by atoms with E-state index < -0.39 is 0 Å². The number of hydrogen-bond donors (Lipinski definition) is 2. The lowest BCUT2D eigenvalue weighted by atomic mass is 10.00. The Balaban J connectivity index is 2.22. The van der Waals surface area contributed by atoms with E-state index in [1.165, 1.54) is 0 Å². The number of nitrogens with zero attached hydrogens (tertiary/aromatic N) is 2. The zero-order chi connectivity index (χ0) is 12.3. The number of nitrogens with one attached hydrogen (secondary N) is 1. The number of hydrogen-bond acceptors (Lipinski definition) is 3. The van der Waals surface area contributed by atoms with Crippen molar-refractivity contribution in [3.8, 4) is 11.4 Å². The molecular formula is C13H18N4. The van der Waals surface area contributed by atoms with Crippen molar-refractivity contribution in [2.45, 2.75) is 26.3 Å². The lowest BCUT2D eigenvalue weighted by Gasteiger charge is -2.14. The van der Waals surface area contributed by atoms with Gasteiger partial charge in [-0.3, -0.25) is 5.10 Å². The van der Waals surface area contributed by atoms with Crippen molar-refractivity contribution in [1.29, 1.82) is 0 Å². The van der Waals surface area contributed by atoms with Crippen molar-refractivity contribution < 1.29 is 0 Å². The predicted molar refractivity (Wildman–Crippen MR) is 68.2 cm³/mol. The molecule has 0 bridgehead atoms. The minimum Gasteiger partial charge on any atom is -0.321 e. The van der Waals surface area contributed by atoms with Crippen LogP contribution >= 0.6 is 0 Å². The molecule has 0 aliphatic heterocycles. The van der Waals surface area contributed by atoms with E-state index >= 15 is 0 Å². The van der Waals surface area contributed by atoms with E-state index in [-0.39, 0.29) is 6.04 Å². The average molecular weight is 230 g/mol. The van der Waals surface area contributed by atoms with E-state index in [0.717, 1.165) is 17.8 Å². The van der Waals surface area contributed by atoms with Gasteiger partial charge in [-0.05, 0) is 5.92 Å². The third kappa shape index (κ3) is 2.53. The zero-order valence-electron chi connectivity index (χ0n) is 10.2. The molecule has 0 spiro atoms. The van der Waals surface area contributed by atoms with E-state index in [4.69, 9.17) is 5.73 Å². The highest BCUT2D eigenvalue weighted by molar-refractivity contribution is 5.53. The van der Waals surface area contributed by atoms with Gasteiger partial charge < -0.3 is 5.73 Å². The van der Waals surface area contributed by atoms with Crippen LogP contribution in [0.2, 0.25) is 0 Å². The Kier molecular flexibility index (Phi) is 3.54. The molecule has 4 nitrogen and oxygen atoms in total. The Hall–Kier alpha value is -1.68. The average Bonchev–Trinajstić information content (AvgIpc) is 2.87. The summed E-state index contributed by atoms with van der Waals surface area (Å²) >= 11 is 0. The highest BCUT2D eigenvalue weighted by Crippen LogP contribution is 2.21. The number of nitrogens with two attached hydrogens (primary N) is 1. The molecule has 0 aliphatic carbocycles. The van der Waals surface area contributed by atoms with Crippen molar-refractivity contribution in [2.75, 3.05) is 0 Å². The first-order valence-corrected chi connectivity index (χ1v) is 5.95. The molecular weight excluding hydrogens is 212 g/mol. The van der Waals surface area contributed by atoms with Gasteiger partial charge in [-0.2, -0.15) is 5.10 Å². The van der Waals surface area contributed by atoms with E-state index in [1.54, 1.807) is 0 Å². The minimum atomic E-state index is -0.0787. The first-order chi connectivity index (χ1) is 8.22. The Bertz CT molecular complexity index is 463. The number of H-pyrrole nitrogens is 1. The highest BCUT2D eigenvalue weighted by atomic mass is 15.2. The first kappa shape index (κ1) is 11.8. The molecule has 0 saturated carbocycles. The van der Waals surface area contributed by atoms with E-state index in [1.807, 2.05) is 30.3 Å². The highest BCUT2D eigenvalue weighted by Gasteiger charge is 2.17. The third-order valence-corrected chi connectivity index (χ3v) is 3.11. The van der Waals surface area contributed by atoms with Gasteiger partial charge in [-0.25, -0.2) is 4.98 Å². The standard InChI is InChI=1S/C13H18N4/c1-3-9(2)11(14)13-15-12(16-17-13)10-7-5-4-6-8-10/h4-9,11H,3,14H2,1-2H3,(H,15,16,17)/t9?,11-/m0/s1. The lowest BCUT2D eigenvalue weighted by Crippen LogP contribution is -2.19. The summed E-state index contributed by atoms with van der Waals surface area (Å²) in [6, 6.07) is 9.82. The number of aromatic amines is 1. The van der Waals surface area contributed by atoms with Crippen LogP contribution in [0.3, 0.4) is 0 Å². The molecule has 0 aliphatic rings. The quantitative estimate of drug-likeness (QED) is 0.848. The maximum Gasteiger partial charge on any atom is 0.181 e. The first-order valence-electron chi connectivity index (χ1n) is 5.95. The van der Waals surface area contributed by atoms with Crippen molar-refractivity contribution >= 4 is 0 Å². The van der Waals surface area contributed by atoms with Gasteiger partial charge in [0.1, 0.15) is 5.82 Å². The Labute approximate surface area is 101 Å². The van der Waals surface area contributed by atoms with Crippen LogP contribution in [-0.4, -0.2) is 15.2 Å². The van der Waals surface area contributed by atoms with Gasteiger partial charge >= 0.3 is 0 Å². The molecule has 0 saturated heterocycles. The summed E-state index contributed by atoms with van der Waals surface area (Å²) in [6.45, 7) is 4.24. The molecule has 1 aromatic carbocycles. The second-order valence-corrected chi connectivity index (χ2v) is 4.32. The van der Waals surface area contributed by atoms with Gasteiger partial charge in [-0.15, -0.1) is 0 Å². The van der Waals surface area contributed by atoms with Crippen LogP contribution in [0.1, 0.15) is 32.1 Å². The largest absolute Gasteiger partial charge is 0.321 e. The molecule has 3 N–H and O–H groups in total. The fraction of sp³-hybridized carbons (Fsp3) is 0.385. The zero-order valence-corrected chi connectivity index (χ0v) is 10.2. The smallest absolute Gasteiger partial charge is 0.181 e. The van der Waals surface area contributed by atoms with Crippen LogP contribution in [0.15, 0.2) is 30.3 Å². The van der Waals surface area contributed by atoms with Gasteiger partial charge in [0, 0.05) is 5.56 Å². The molecule has 2 rings (SSSR count). The van der Waals surface area contributed by atoms with Gasteiger partial charge in [0.25, 0.3) is 0 Å². The molecule has 1 unspecified atom stereocenters. The fourth-order valence-electron chi connectivity index (χ4n) is 1.66. The van der Waals surface area contributed by atoms with Gasteiger partial charge in [0.2, 0.25) is 0 Å². The molecule has 1 aromatic heterocycles. The van der Waals surface area contributed by atoms with Crippen LogP contribution in [0.5, 0.6) is 0 Å². The second-order valence-electron chi connectivity index (χ2n) is 4.32. The minimum absolute atomic E-state index is 0.0787. The Morgan fingerprint density at radius 3 is 2.65 bits per heavy atom. The summed E-state index contributed by atoms with van der Waals surface area (Å²) in [4.78, 5) is 4.46. The van der Waals surface area contributed by atoms with Crippen LogP contribution in [0.25, 0.3) is 11.4 Å². The molecule has 90 valence electrons. The summed E-state index contributed by atoms with van der Waals surface area (Å²) in [6.07, 6.45) is 1.03. The van der Waals surface area contributed by atoms with E-state index in [0.29, 0.717) is 11.7 Å². The molecule has 0 radical (unpaired) electrons. The van der Waals surface area contributed by atoms with Crippen molar-refractivity contribution in [2.24, 2.45) is 11.7 Å². The molecule has 0 fully saturated rings. The van der Waals surface area contributed by atoms with Crippen LogP contribution < -0.4 is 5.73 Å². The van der Waals surface area contributed by atoms with E-state index in [9.17, 15) is 0 Å². The fourth-order valence-corrected chi connectivity index (χ4v) is 1.66. The summed E-state index contributed by atoms with van der Waals surface area (Å²) in [7, 11) is 0. The van der Waals surface area contributed by atoms with Crippen LogP contribution in [-0.2, 0) is 0 Å². The Morgan fingerprint density at radius 1 is 1.29 bits per heavy atom. The maximum atomic E-state index is 6.11. The van der Waals surface area contributed by atoms with Crippen molar-refractivity contribution in [3.05, 3.63) is 36.2 Å². The summed E-state index contributed by atoms with van der Waals surface area (Å²) in [5.74, 6) is 1.86. The van der Waals surface area contributed by atoms with Gasteiger partial charge in [0.15, 0.2) is 5.82 Å². The molecule has 2 atom stereocenters. The molecule has 2 aromatic rings. The monoisotopic (exact) mass is 230 g/mol. The Morgan fingerprint density at radius 2 is 2.00 bits per heavy atom. The molecule has 4 heteroatoms. The molecule has 1 heterocycles. The molecule has 17 heavy (non-hydrogen) atoms. The summed E-state index contributed by atoms with van der Waals surface area (Å²) in [5.41, 5.74) is 7.11. The summed E-state index contributed by atoms with van der Waals surface area (Å²) in [5, 5.41) is 7.14. The second kappa shape index (κ2) is 5.10.